The number of hydrogen-bond acceptors (Lipinski definition) is 3. The lowest BCUT2D eigenvalue weighted by Crippen LogP contribution is -2.14. The predicted octanol–water partition coefficient (Wildman–Crippen LogP) is 2.02. The Hall–Kier alpha value is -1.88. The van der Waals surface area contributed by atoms with E-state index in [4.69, 9.17) is 18.0 Å². The maximum absolute atomic E-state index is 5.75. The third kappa shape index (κ3) is 3.54. The van der Waals surface area contributed by atoms with Gasteiger partial charge in [0.2, 0.25) is 0 Å². The quantitative estimate of drug-likeness (QED) is 0.819. The zero-order valence-corrected chi connectivity index (χ0v) is 12.0. The highest BCUT2D eigenvalue weighted by Crippen LogP contribution is 2.17. The summed E-state index contributed by atoms with van der Waals surface area (Å²) in [5.41, 5.74) is 10.0. The van der Waals surface area contributed by atoms with Gasteiger partial charge in [0.1, 0.15) is 4.99 Å². The van der Waals surface area contributed by atoms with Crippen molar-refractivity contribution in [3.63, 3.8) is 0 Å². The van der Waals surface area contributed by atoms with Crippen molar-refractivity contribution in [3.05, 3.63) is 47.3 Å². The molecule has 0 unspecified atom stereocenters. The van der Waals surface area contributed by atoms with Gasteiger partial charge in [0, 0.05) is 31.0 Å². The molecule has 0 saturated heterocycles. The third-order valence-electron chi connectivity index (χ3n) is 2.93. The molecule has 1 aromatic carbocycles. The molecular weight excluding hydrogens is 256 g/mol. The molecule has 2 rings (SSSR count). The molecule has 0 amide bonds. The van der Waals surface area contributed by atoms with Crippen molar-refractivity contribution in [2.75, 3.05) is 11.9 Å². The Labute approximate surface area is 118 Å². The van der Waals surface area contributed by atoms with E-state index in [0.29, 0.717) is 4.99 Å². The molecule has 100 valence electrons. The summed E-state index contributed by atoms with van der Waals surface area (Å²) in [7, 11) is 1.92. The zero-order valence-electron chi connectivity index (χ0n) is 11.2. The average molecular weight is 274 g/mol. The van der Waals surface area contributed by atoms with E-state index in [-0.39, 0.29) is 0 Å². The molecule has 2 aromatic rings. The SMILES string of the molecule is Cc1ccc(NCCc2cnn(C)c2)c(C(N)=S)c1. The van der Waals surface area contributed by atoms with Crippen molar-refractivity contribution in [2.45, 2.75) is 13.3 Å². The molecule has 0 fully saturated rings. The number of nitrogens with one attached hydrogen (secondary N) is 1. The molecule has 1 heterocycles. The summed E-state index contributed by atoms with van der Waals surface area (Å²) in [6.07, 6.45) is 4.81. The number of aryl methyl sites for hydroxylation is 2. The van der Waals surface area contributed by atoms with Crippen molar-refractivity contribution >= 4 is 22.9 Å². The lowest BCUT2D eigenvalue weighted by Gasteiger charge is -2.11. The van der Waals surface area contributed by atoms with Crippen LogP contribution in [0.15, 0.2) is 30.6 Å². The summed E-state index contributed by atoms with van der Waals surface area (Å²) in [5, 5.41) is 7.52. The van der Waals surface area contributed by atoms with Gasteiger partial charge in [0.05, 0.1) is 6.20 Å². The molecule has 0 spiro atoms. The van der Waals surface area contributed by atoms with Crippen LogP contribution < -0.4 is 11.1 Å². The Morgan fingerprint density at radius 2 is 2.26 bits per heavy atom. The first-order chi connectivity index (χ1) is 9.06. The Kier molecular flexibility index (Phi) is 4.16. The van der Waals surface area contributed by atoms with E-state index in [1.807, 2.05) is 49.2 Å². The fraction of sp³-hybridized carbons (Fsp3) is 0.286. The molecule has 4 nitrogen and oxygen atoms in total. The Bertz CT molecular complexity index is 589. The topological polar surface area (TPSA) is 55.9 Å². The van der Waals surface area contributed by atoms with Crippen LogP contribution in [-0.4, -0.2) is 21.3 Å². The van der Waals surface area contributed by atoms with Crippen LogP contribution in [0.25, 0.3) is 0 Å². The van der Waals surface area contributed by atoms with Gasteiger partial charge in [-0.05, 0) is 31.0 Å². The summed E-state index contributed by atoms with van der Waals surface area (Å²) < 4.78 is 1.81. The largest absolute Gasteiger partial charge is 0.389 e. The molecular formula is C14H18N4S. The number of nitrogens with two attached hydrogens (primary N) is 1. The van der Waals surface area contributed by atoms with Crippen molar-refractivity contribution < 1.29 is 0 Å². The molecule has 0 aliphatic carbocycles. The molecule has 0 aliphatic heterocycles. The summed E-state index contributed by atoms with van der Waals surface area (Å²) >= 11 is 5.08. The van der Waals surface area contributed by atoms with E-state index in [0.717, 1.165) is 29.8 Å². The average Bonchev–Trinajstić information content (AvgIpc) is 2.77. The lowest BCUT2D eigenvalue weighted by atomic mass is 10.1. The molecule has 5 heteroatoms. The van der Waals surface area contributed by atoms with Gasteiger partial charge < -0.3 is 11.1 Å². The monoisotopic (exact) mass is 274 g/mol. The first-order valence-electron chi connectivity index (χ1n) is 6.18. The van der Waals surface area contributed by atoms with Gasteiger partial charge in [-0.25, -0.2) is 0 Å². The summed E-state index contributed by atoms with van der Waals surface area (Å²) in [5.74, 6) is 0. The molecule has 0 saturated carbocycles. The van der Waals surface area contributed by atoms with Gasteiger partial charge in [-0.1, -0.05) is 23.8 Å². The minimum atomic E-state index is 0.424. The van der Waals surface area contributed by atoms with Crippen molar-refractivity contribution in [1.29, 1.82) is 0 Å². The van der Waals surface area contributed by atoms with E-state index in [9.17, 15) is 0 Å². The van der Waals surface area contributed by atoms with Gasteiger partial charge in [-0.2, -0.15) is 5.10 Å². The van der Waals surface area contributed by atoms with Crippen LogP contribution >= 0.6 is 12.2 Å². The van der Waals surface area contributed by atoms with Crippen molar-refractivity contribution in [3.8, 4) is 0 Å². The molecule has 0 atom stereocenters. The number of nitrogens with zero attached hydrogens (tertiary/aromatic N) is 2. The van der Waals surface area contributed by atoms with E-state index in [2.05, 4.69) is 10.4 Å². The number of thiocarbonyl (C=S) groups is 1. The van der Waals surface area contributed by atoms with Gasteiger partial charge in [0.15, 0.2) is 0 Å². The number of benzene rings is 1. The van der Waals surface area contributed by atoms with E-state index in [1.165, 1.54) is 5.56 Å². The van der Waals surface area contributed by atoms with Crippen LogP contribution in [0.5, 0.6) is 0 Å². The van der Waals surface area contributed by atoms with Crippen LogP contribution in [-0.2, 0) is 13.5 Å². The maximum atomic E-state index is 5.75. The Morgan fingerprint density at radius 3 is 2.89 bits per heavy atom. The van der Waals surface area contributed by atoms with E-state index >= 15 is 0 Å². The number of rotatable bonds is 5. The first kappa shape index (κ1) is 13.5. The molecule has 3 N–H and O–H groups in total. The number of aromatic nitrogens is 2. The smallest absolute Gasteiger partial charge is 0.106 e. The second-order valence-electron chi connectivity index (χ2n) is 4.61. The van der Waals surface area contributed by atoms with Gasteiger partial charge in [-0.15, -0.1) is 0 Å². The lowest BCUT2D eigenvalue weighted by molar-refractivity contribution is 0.767. The highest BCUT2D eigenvalue weighted by atomic mass is 32.1. The molecule has 1 aromatic heterocycles. The Balaban J connectivity index is 2.01. The normalized spacial score (nSPS) is 10.4. The van der Waals surface area contributed by atoms with E-state index < -0.39 is 0 Å². The molecule has 0 radical (unpaired) electrons. The van der Waals surface area contributed by atoms with Crippen LogP contribution in [0.1, 0.15) is 16.7 Å². The van der Waals surface area contributed by atoms with Crippen LogP contribution in [0, 0.1) is 6.92 Å². The van der Waals surface area contributed by atoms with Gasteiger partial charge in [0.25, 0.3) is 0 Å². The fourth-order valence-electron chi connectivity index (χ4n) is 1.96. The zero-order chi connectivity index (χ0) is 13.8. The summed E-state index contributed by atoms with van der Waals surface area (Å²) in [6.45, 7) is 2.85. The van der Waals surface area contributed by atoms with Crippen LogP contribution in [0.3, 0.4) is 0 Å². The number of hydrogen-bond donors (Lipinski definition) is 2. The molecule has 19 heavy (non-hydrogen) atoms. The van der Waals surface area contributed by atoms with Crippen molar-refractivity contribution in [2.24, 2.45) is 12.8 Å². The number of anilines is 1. The minimum absolute atomic E-state index is 0.424. The van der Waals surface area contributed by atoms with Gasteiger partial charge in [-0.3, -0.25) is 4.68 Å². The van der Waals surface area contributed by atoms with Crippen LogP contribution in [0.2, 0.25) is 0 Å². The van der Waals surface area contributed by atoms with Crippen molar-refractivity contribution in [1.82, 2.24) is 9.78 Å². The predicted molar refractivity (Wildman–Crippen MR) is 82.5 cm³/mol. The fourth-order valence-corrected chi connectivity index (χ4v) is 2.13. The van der Waals surface area contributed by atoms with Gasteiger partial charge >= 0.3 is 0 Å². The molecule has 0 bridgehead atoms. The highest BCUT2D eigenvalue weighted by molar-refractivity contribution is 7.80. The molecule has 0 aliphatic rings. The minimum Gasteiger partial charge on any atom is -0.389 e. The summed E-state index contributed by atoms with van der Waals surface area (Å²) in [4.78, 5) is 0.424. The first-order valence-corrected chi connectivity index (χ1v) is 6.59. The maximum Gasteiger partial charge on any atom is 0.106 e. The van der Waals surface area contributed by atoms with E-state index in [1.54, 1.807) is 0 Å². The standard InChI is InChI=1S/C14H18N4S/c1-10-3-4-13(12(7-10)14(15)19)16-6-5-11-8-17-18(2)9-11/h3-4,7-9,16H,5-6H2,1-2H3,(H2,15,19). The second kappa shape index (κ2) is 5.84. The Morgan fingerprint density at radius 1 is 1.47 bits per heavy atom. The second-order valence-corrected chi connectivity index (χ2v) is 5.05. The summed E-state index contributed by atoms with van der Waals surface area (Å²) in [6, 6.07) is 6.08. The third-order valence-corrected chi connectivity index (χ3v) is 3.15. The highest BCUT2D eigenvalue weighted by Gasteiger charge is 2.05. The van der Waals surface area contributed by atoms with Crippen LogP contribution in [0.4, 0.5) is 5.69 Å².